The summed E-state index contributed by atoms with van der Waals surface area (Å²) >= 11 is 0. The molecule has 1 aromatic heterocycles. The highest BCUT2D eigenvalue weighted by Crippen LogP contribution is 2.19. The van der Waals surface area contributed by atoms with Crippen molar-refractivity contribution in [2.45, 2.75) is 20.4 Å². The van der Waals surface area contributed by atoms with Crippen LogP contribution in [0.3, 0.4) is 0 Å². The van der Waals surface area contributed by atoms with Gasteiger partial charge in [0.2, 0.25) is 0 Å². The number of fused-ring (bicyclic) bond motifs is 1. The van der Waals surface area contributed by atoms with Gasteiger partial charge in [-0.15, -0.1) is 0 Å². The molecule has 0 saturated heterocycles. The molecule has 2 aromatic carbocycles. The van der Waals surface area contributed by atoms with Crippen LogP contribution in [0, 0.1) is 13.8 Å². The molecule has 3 nitrogen and oxygen atoms in total. The molecule has 3 aromatic rings. The van der Waals surface area contributed by atoms with Crippen LogP contribution in [0.25, 0.3) is 10.9 Å². The highest BCUT2D eigenvalue weighted by atomic mass is 15.0. The Hall–Kier alpha value is -2.42. The molecule has 0 spiro atoms. The molecule has 1 heterocycles. The van der Waals surface area contributed by atoms with Gasteiger partial charge in [-0.1, -0.05) is 30.3 Å². The van der Waals surface area contributed by atoms with E-state index >= 15 is 0 Å². The Morgan fingerprint density at radius 2 is 1.80 bits per heavy atom. The van der Waals surface area contributed by atoms with Crippen molar-refractivity contribution in [3.05, 3.63) is 65.5 Å². The molecule has 0 unspecified atom stereocenters. The topological polar surface area (TPSA) is 37.8 Å². The number of hydrogen-bond donors (Lipinski definition) is 1. The van der Waals surface area contributed by atoms with E-state index in [1.165, 1.54) is 16.7 Å². The molecular weight excluding hydrogens is 246 g/mol. The predicted octanol–water partition coefficient (Wildman–Crippen LogP) is 3.86. The van der Waals surface area contributed by atoms with Crippen molar-refractivity contribution in [3.63, 3.8) is 0 Å². The summed E-state index contributed by atoms with van der Waals surface area (Å²) in [5, 5.41) is 4.45. The van der Waals surface area contributed by atoms with Crippen LogP contribution in [0.4, 0.5) is 5.82 Å². The van der Waals surface area contributed by atoms with E-state index in [2.05, 4.69) is 47.3 Å². The zero-order valence-corrected chi connectivity index (χ0v) is 11.7. The van der Waals surface area contributed by atoms with Gasteiger partial charge in [-0.2, -0.15) is 0 Å². The van der Waals surface area contributed by atoms with Gasteiger partial charge in [0.15, 0.2) is 0 Å². The van der Waals surface area contributed by atoms with Crippen LogP contribution in [-0.4, -0.2) is 9.97 Å². The molecule has 0 aliphatic rings. The average molecular weight is 263 g/mol. The van der Waals surface area contributed by atoms with E-state index in [9.17, 15) is 0 Å². The molecule has 0 saturated carbocycles. The van der Waals surface area contributed by atoms with Gasteiger partial charge in [0.05, 0.1) is 5.52 Å². The maximum absolute atomic E-state index is 4.34. The normalized spacial score (nSPS) is 10.7. The highest BCUT2D eigenvalue weighted by molar-refractivity contribution is 5.88. The number of anilines is 1. The van der Waals surface area contributed by atoms with Gasteiger partial charge in [-0.25, -0.2) is 9.97 Å². The van der Waals surface area contributed by atoms with E-state index in [-0.39, 0.29) is 0 Å². The predicted molar refractivity (Wildman–Crippen MR) is 82.8 cm³/mol. The van der Waals surface area contributed by atoms with Gasteiger partial charge in [0.25, 0.3) is 0 Å². The third-order valence-corrected chi connectivity index (χ3v) is 3.57. The van der Waals surface area contributed by atoms with Crippen LogP contribution in [0.15, 0.2) is 48.8 Å². The lowest BCUT2D eigenvalue weighted by molar-refractivity contribution is 1.09. The number of rotatable bonds is 3. The van der Waals surface area contributed by atoms with E-state index in [4.69, 9.17) is 0 Å². The highest BCUT2D eigenvalue weighted by Gasteiger charge is 2.03. The number of nitrogens with zero attached hydrogens (tertiary/aromatic N) is 2. The van der Waals surface area contributed by atoms with Crippen molar-refractivity contribution < 1.29 is 0 Å². The fourth-order valence-corrected chi connectivity index (χ4v) is 2.24. The molecule has 1 N–H and O–H groups in total. The minimum Gasteiger partial charge on any atom is -0.365 e. The monoisotopic (exact) mass is 263 g/mol. The van der Waals surface area contributed by atoms with Crippen LogP contribution in [-0.2, 0) is 6.54 Å². The Labute approximate surface area is 118 Å². The number of nitrogens with one attached hydrogen (secondary N) is 1. The van der Waals surface area contributed by atoms with Crippen molar-refractivity contribution >= 4 is 16.7 Å². The van der Waals surface area contributed by atoms with E-state index < -0.39 is 0 Å². The first-order valence-electron chi connectivity index (χ1n) is 6.74. The van der Waals surface area contributed by atoms with Crippen molar-refractivity contribution in [3.8, 4) is 0 Å². The minimum absolute atomic E-state index is 0.766. The van der Waals surface area contributed by atoms with Gasteiger partial charge < -0.3 is 5.32 Å². The van der Waals surface area contributed by atoms with Crippen molar-refractivity contribution in [1.29, 1.82) is 0 Å². The second-order valence-electron chi connectivity index (χ2n) is 5.01. The summed E-state index contributed by atoms with van der Waals surface area (Å²) in [5.74, 6) is 0.883. The van der Waals surface area contributed by atoms with Gasteiger partial charge in [0.1, 0.15) is 12.1 Å². The van der Waals surface area contributed by atoms with Crippen molar-refractivity contribution in [2.75, 3.05) is 5.32 Å². The van der Waals surface area contributed by atoms with Crippen LogP contribution < -0.4 is 5.32 Å². The summed E-state index contributed by atoms with van der Waals surface area (Å²) in [6, 6.07) is 14.6. The largest absolute Gasteiger partial charge is 0.365 e. The van der Waals surface area contributed by atoms with Gasteiger partial charge in [-0.3, -0.25) is 0 Å². The molecule has 0 aliphatic heterocycles. The maximum atomic E-state index is 4.34. The maximum Gasteiger partial charge on any atom is 0.137 e. The number of aryl methyl sites for hydroxylation is 2. The zero-order chi connectivity index (χ0) is 13.9. The molecule has 0 radical (unpaired) electrons. The summed E-state index contributed by atoms with van der Waals surface area (Å²) in [4.78, 5) is 8.61. The van der Waals surface area contributed by atoms with E-state index in [0.29, 0.717) is 0 Å². The molecule has 20 heavy (non-hydrogen) atoms. The molecule has 100 valence electrons. The summed E-state index contributed by atoms with van der Waals surface area (Å²) < 4.78 is 0. The lowest BCUT2D eigenvalue weighted by atomic mass is 10.1. The van der Waals surface area contributed by atoms with Crippen LogP contribution in [0.2, 0.25) is 0 Å². The SMILES string of the molecule is Cc1ccc(CNc2ncnc3ccccc23)cc1C. The van der Waals surface area contributed by atoms with E-state index in [1.807, 2.05) is 24.3 Å². The minimum atomic E-state index is 0.766. The third kappa shape index (κ3) is 2.48. The number of para-hydroxylation sites is 1. The van der Waals surface area contributed by atoms with E-state index in [0.717, 1.165) is 23.3 Å². The summed E-state index contributed by atoms with van der Waals surface area (Å²) in [6.07, 6.45) is 1.60. The molecular formula is C17H17N3. The molecule has 3 heteroatoms. The second-order valence-corrected chi connectivity index (χ2v) is 5.01. The number of benzene rings is 2. The Morgan fingerprint density at radius 3 is 2.65 bits per heavy atom. The molecule has 0 amide bonds. The fourth-order valence-electron chi connectivity index (χ4n) is 2.24. The molecule has 0 atom stereocenters. The quantitative estimate of drug-likeness (QED) is 0.779. The standard InChI is InChI=1S/C17H17N3/c1-12-7-8-14(9-13(12)2)10-18-17-15-5-3-4-6-16(15)19-11-20-17/h3-9,11H,10H2,1-2H3,(H,18,19,20). The van der Waals surface area contributed by atoms with Crippen molar-refractivity contribution in [1.82, 2.24) is 9.97 Å². The first kappa shape index (κ1) is 12.6. The fraction of sp³-hybridized carbons (Fsp3) is 0.176. The van der Waals surface area contributed by atoms with Crippen LogP contribution in [0.1, 0.15) is 16.7 Å². The lowest BCUT2D eigenvalue weighted by Crippen LogP contribution is -2.03. The molecule has 0 fully saturated rings. The van der Waals surface area contributed by atoms with Gasteiger partial charge in [0, 0.05) is 11.9 Å². The average Bonchev–Trinajstić information content (AvgIpc) is 2.48. The lowest BCUT2D eigenvalue weighted by Gasteiger charge is -2.09. The van der Waals surface area contributed by atoms with Gasteiger partial charge >= 0.3 is 0 Å². The van der Waals surface area contributed by atoms with Crippen LogP contribution in [0.5, 0.6) is 0 Å². The van der Waals surface area contributed by atoms with E-state index in [1.54, 1.807) is 6.33 Å². The Morgan fingerprint density at radius 1 is 0.950 bits per heavy atom. The molecule has 0 bridgehead atoms. The summed E-state index contributed by atoms with van der Waals surface area (Å²) in [7, 11) is 0. The summed E-state index contributed by atoms with van der Waals surface area (Å²) in [6.45, 7) is 5.03. The molecule has 0 aliphatic carbocycles. The van der Waals surface area contributed by atoms with Crippen molar-refractivity contribution in [2.24, 2.45) is 0 Å². The van der Waals surface area contributed by atoms with Gasteiger partial charge in [-0.05, 0) is 42.7 Å². The Kier molecular flexibility index (Phi) is 3.33. The van der Waals surface area contributed by atoms with Crippen LogP contribution >= 0.6 is 0 Å². The summed E-state index contributed by atoms with van der Waals surface area (Å²) in [5.41, 5.74) is 4.86. The number of aromatic nitrogens is 2. The first-order valence-corrected chi connectivity index (χ1v) is 6.74. The number of hydrogen-bond acceptors (Lipinski definition) is 3. The molecule has 3 rings (SSSR count). The third-order valence-electron chi connectivity index (χ3n) is 3.57. The zero-order valence-electron chi connectivity index (χ0n) is 11.7. The second kappa shape index (κ2) is 5.29. The smallest absolute Gasteiger partial charge is 0.137 e. The first-order chi connectivity index (χ1) is 9.74. The Bertz CT molecular complexity index is 745. The Balaban J connectivity index is 1.85.